The van der Waals surface area contributed by atoms with Gasteiger partial charge in [-0.1, -0.05) is 20.8 Å². The van der Waals surface area contributed by atoms with Gasteiger partial charge in [0.15, 0.2) is 0 Å². The van der Waals surface area contributed by atoms with Crippen molar-refractivity contribution >= 4 is 23.5 Å². The summed E-state index contributed by atoms with van der Waals surface area (Å²) in [6.45, 7) is 10.8. The van der Waals surface area contributed by atoms with Crippen LogP contribution in [-0.2, 0) is 9.59 Å². The Morgan fingerprint density at radius 1 is 1.33 bits per heavy atom. The molecule has 1 saturated heterocycles. The average molecular weight is 378 g/mol. The summed E-state index contributed by atoms with van der Waals surface area (Å²) in [6, 6.07) is 0.549. The first-order valence-electron chi connectivity index (χ1n) is 9.30. The number of hydrogen-bond acceptors (Lipinski definition) is 5. The lowest BCUT2D eigenvalue weighted by Crippen LogP contribution is -2.50. The summed E-state index contributed by atoms with van der Waals surface area (Å²) < 4.78 is 0. The van der Waals surface area contributed by atoms with Crippen molar-refractivity contribution in [1.29, 1.82) is 0 Å². The molecule has 0 bridgehead atoms. The van der Waals surface area contributed by atoms with E-state index in [9.17, 15) is 14.4 Å². The van der Waals surface area contributed by atoms with E-state index in [0.29, 0.717) is 26.1 Å². The van der Waals surface area contributed by atoms with Crippen molar-refractivity contribution in [3.63, 3.8) is 0 Å². The number of nitrogen functional groups attached to an aromatic ring is 1. The number of carbonyl (C=O) groups is 3. The number of nitrogens with zero attached hydrogens (tertiary/aromatic N) is 3. The van der Waals surface area contributed by atoms with Gasteiger partial charge in [-0.2, -0.15) is 5.10 Å². The summed E-state index contributed by atoms with van der Waals surface area (Å²) in [6.07, 6.45) is 0.381. The van der Waals surface area contributed by atoms with Crippen molar-refractivity contribution in [1.82, 2.24) is 25.3 Å². The summed E-state index contributed by atoms with van der Waals surface area (Å²) >= 11 is 0. The SMILES string of the molecule is CCN(CC)C(=O)[C@@H]1C[C@H](NC(=O)c2cc(N)n[nH]2)CN1C(=O)C(C)(C)C. The third kappa shape index (κ3) is 4.58. The molecule has 1 fully saturated rings. The van der Waals surface area contributed by atoms with Crippen molar-refractivity contribution in [3.05, 3.63) is 11.8 Å². The Bertz CT molecular complexity index is 704. The molecule has 150 valence electrons. The summed E-state index contributed by atoms with van der Waals surface area (Å²) in [4.78, 5) is 41.5. The highest BCUT2D eigenvalue weighted by Gasteiger charge is 2.44. The highest BCUT2D eigenvalue weighted by Crippen LogP contribution is 2.27. The van der Waals surface area contributed by atoms with E-state index >= 15 is 0 Å². The van der Waals surface area contributed by atoms with Gasteiger partial charge in [-0.3, -0.25) is 19.5 Å². The minimum absolute atomic E-state index is 0.0832. The highest BCUT2D eigenvalue weighted by molar-refractivity contribution is 5.94. The molecule has 4 N–H and O–H groups in total. The average Bonchev–Trinajstić information content (AvgIpc) is 3.20. The van der Waals surface area contributed by atoms with Crippen LogP contribution < -0.4 is 11.1 Å². The lowest BCUT2D eigenvalue weighted by atomic mass is 9.94. The van der Waals surface area contributed by atoms with E-state index in [2.05, 4.69) is 15.5 Å². The number of carbonyl (C=O) groups excluding carboxylic acids is 3. The molecule has 1 aliphatic heterocycles. The Kier molecular flexibility index (Phi) is 6.12. The Hall–Kier alpha value is -2.58. The number of aromatic amines is 1. The first-order chi connectivity index (χ1) is 12.6. The minimum atomic E-state index is -0.613. The number of anilines is 1. The molecule has 1 aliphatic rings. The summed E-state index contributed by atoms with van der Waals surface area (Å²) in [5, 5.41) is 9.18. The molecule has 2 rings (SSSR count). The van der Waals surface area contributed by atoms with Crippen molar-refractivity contribution in [2.24, 2.45) is 5.41 Å². The Balaban J connectivity index is 2.19. The molecule has 27 heavy (non-hydrogen) atoms. The number of nitrogens with two attached hydrogens (primary N) is 1. The minimum Gasteiger partial charge on any atom is -0.382 e. The second-order valence-corrected chi connectivity index (χ2v) is 7.85. The van der Waals surface area contributed by atoms with Crippen LogP contribution >= 0.6 is 0 Å². The van der Waals surface area contributed by atoms with Crippen LogP contribution in [0.5, 0.6) is 0 Å². The van der Waals surface area contributed by atoms with Crippen LogP contribution in [-0.4, -0.2) is 69.4 Å². The van der Waals surface area contributed by atoms with Crippen LogP contribution in [0.4, 0.5) is 5.82 Å². The number of amides is 3. The largest absolute Gasteiger partial charge is 0.382 e. The second-order valence-electron chi connectivity index (χ2n) is 7.85. The second kappa shape index (κ2) is 7.98. The Morgan fingerprint density at radius 2 is 1.96 bits per heavy atom. The maximum Gasteiger partial charge on any atom is 0.269 e. The topological polar surface area (TPSA) is 124 Å². The van der Waals surface area contributed by atoms with E-state index in [4.69, 9.17) is 5.73 Å². The number of aromatic nitrogens is 2. The molecular formula is C18H30N6O3. The zero-order chi connectivity index (χ0) is 20.4. The van der Waals surface area contributed by atoms with Gasteiger partial charge in [0.1, 0.15) is 17.6 Å². The molecule has 2 atom stereocenters. The van der Waals surface area contributed by atoms with Crippen molar-refractivity contribution in [3.8, 4) is 0 Å². The maximum absolute atomic E-state index is 12.9. The van der Waals surface area contributed by atoms with Crippen LogP contribution in [0.3, 0.4) is 0 Å². The van der Waals surface area contributed by atoms with E-state index in [1.807, 2.05) is 34.6 Å². The van der Waals surface area contributed by atoms with Crippen LogP contribution in [0.15, 0.2) is 6.07 Å². The molecule has 3 amide bonds. The Labute approximate surface area is 159 Å². The molecule has 0 saturated carbocycles. The molecule has 0 unspecified atom stereocenters. The molecule has 0 radical (unpaired) electrons. The highest BCUT2D eigenvalue weighted by atomic mass is 16.2. The van der Waals surface area contributed by atoms with Gasteiger partial charge in [0.25, 0.3) is 5.91 Å². The van der Waals surface area contributed by atoms with Gasteiger partial charge in [-0.25, -0.2) is 0 Å². The fourth-order valence-corrected chi connectivity index (χ4v) is 3.29. The third-order valence-corrected chi connectivity index (χ3v) is 4.74. The van der Waals surface area contributed by atoms with Crippen molar-refractivity contribution < 1.29 is 14.4 Å². The smallest absolute Gasteiger partial charge is 0.269 e. The molecule has 1 aromatic heterocycles. The quantitative estimate of drug-likeness (QED) is 0.692. The lowest BCUT2D eigenvalue weighted by molar-refractivity contribution is -0.148. The lowest BCUT2D eigenvalue weighted by Gasteiger charge is -2.32. The van der Waals surface area contributed by atoms with Crippen molar-refractivity contribution in [2.75, 3.05) is 25.4 Å². The van der Waals surface area contributed by atoms with Gasteiger partial charge in [-0.15, -0.1) is 0 Å². The fraction of sp³-hybridized carbons (Fsp3) is 0.667. The zero-order valence-electron chi connectivity index (χ0n) is 16.7. The predicted molar refractivity (Wildman–Crippen MR) is 102 cm³/mol. The molecule has 9 heteroatoms. The number of H-pyrrole nitrogens is 1. The maximum atomic E-state index is 12.9. The van der Waals surface area contributed by atoms with Gasteiger partial charge in [0, 0.05) is 37.2 Å². The molecule has 9 nitrogen and oxygen atoms in total. The normalized spacial score (nSPS) is 19.8. The number of likely N-dealkylation sites (N-methyl/N-ethyl adjacent to an activating group) is 1. The molecule has 0 aromatic carbocycles. The summed E-state index contributed by atoms with van der Waals surface area (Å²) in [5.74, 6) is -0.315. The van der Waals surface area contributed by atoms with Crippen LogP contribution in [0, 0.1) is 5.41 Å². The van der Waals surface area contributed by atoms with Gasteiger partial charge in [-0.05, 0) is 20.3 Å². The van der Waals surface area contributed by atoms with Gasteiger partial charge in [0.05, 0.1) is 0 Å². The number of rotatable bonds is 5. The Morgan fingerprint density at radius 3 is 2.44 bits per heavy atom. The molecular weight excluding hydrogens is 348 g/mol. The fourth-order valence-electron chi connectivity index (χ4n) is 3.29. The molecule has 2 heterocycles. The summed E-state index contributed by atoms with van der Waals surface area (Å²) in [5.41, 5.74) is 5.17. The van der Waals surface area contributed by atoms with E-state index in [1.54, 1.807) is 9.80 Å². The van der Waals surface area contributed by atoms with Crippen LogP contribution in [0.2, 0.25) is 0 Å². The van der Waals surface area contributed by atoms with Gasteiger partial charge >= 0.3 is 0 Å². The molecule has 0 spiro atoms. The van der Waals surface area contributed by atoms with Crippen LogP contribution in [0.1, 0.15) is 51.5 Å². The molecule has 1 aromatic rings. The monoisotopic (exact) mass is 378 g/mol. The molecule has 0 aliphatic carbocycles. The zero-order valence-corrected chi connectivity index (χ0v) is 16.7. The van der Waals surface area contributed by atoms with Gasteiger partial charge < -0.3 is 20.9 Å². The standard InChI is InChI=1S/C18H30N6O3/c1-6-23(7-2)16(26)13-8-11(10-24(13)17(27)18(3,4)5)20-15(25)12-9-14(19)22-21-12/h9,11,13H,6-8,10H2,1-5H3,(H,20,25)(H3,19,21,22)/t11-,13-/m0/s1. The van der Waals surface area contributed by atoms with E-state index in [1.165, 1.54) is 6.07 Å². The number of likely N-dealkylation sites (tertiary alicyclic amines) is 1. The summed E-state index contributed by atoms with van der Waals surface area (Å²) in [7, 11) is 0. The predicted octanol–water partition coefficient (Wildman–Crippen LogP) is 0.606. The van der Waals surface area contributed by atoms with E-state index in [-0.39, 0.29) is 35.3 Å². The first-order valence-corrected chi connectivity index (χ1v) is 9.30. The third-order valence-electron chi connectivity index (χ3n) is 4.74. The van der Waals surface area contributed by atoms with Gasteiger partial charge in [0.2, 0.25) is 11.8 Å². The van der Waals surface area contributed by atoms with E-state index in [0.717, 1.165) is 0 Å². The first kappa shape index (κ1) is 20.7. The number of hydrogen-bond donors (Lipinski definition) is 3. The van der Waals surface area contributed by atoms with Crippen LogP contribution in [0.25, 0.3) is 0 Å². The number of nitrogens with one attached hydrogen (secondary N) is 2. The van der Waals surface area contributed by atoms with Crippen molar-refractivity contribution in [2.45, 2.75) is 53.1 Å². The van der Waals surface area contributed by atoms with E-state index < -0.39 is 11.5 Å².